The SMILES string of the molecule is CCCCN(CCCOc1ccc2c(Nc3cc(CC(=O)Nc4cccc(F)c4F)[nH]n3)ncnc2c1)CCOP(=O)(OC(C)(C)C)OC(C)(C)C. The van der Waals surface area contributed by atoms with Crippen LogP contribution in [0.2, 0.25) is 0 Å². The van der Waals surface area contributed by atoms with Gasteiger partial charge in [0.1, 0.15) is 17.9 Å². The molecule has 2 aromatic heterocycles. The number of phosphoric ester groups is 1. The lowest BCUT2D eigenvalue weighted by molar-refractivity contribution is -0.115. The molecule has 0 aliphatic heterocycles. The first-order valence-electron chi connectivity index (χ1n) is 17.3. The van der Waals surface area contributed by atoms with Gasteiger partial charge in [-0.05, 0) is 85.2 Å². The summed E-state index contributed by atoms with van der Waals surface area (Å²) < 4.78 is 64.1. The number of nitrogens with one attached hydrogen (secondary N) is 3. The second-order valence-corrected chi connectivity index (χ2v) is 15.7. The summed E-state index contributed by atoms with van der Waals surface area (Å²) in [7, 11) is -3.78. The summed E-state index contributed by atoms with van der Waals surface area (Å²) in [6, 6.07) is 10.7. The van der Waals surface area contributed by atoms with E-state index in [0.717, 1.165) is 43.8 Å². The highest BCUT2D eigenvalue weighted by molar-refractivity contribution is 7.48. The topological polar surface area (TPSA) is 153 Å². The van der Waals surface area contributed by atoms with Crippen LogP contribution in [0.25, 0.3) is 10.9 Å². The number of anilines is 3. The molecule has 0 aliphatic carbocycles. The van der Waals surface area contributed by atoms with Gasteiger partial charge in [0.2, 0.25) is 5.91 Å². The number of aromatic amines is 1. The molecule has 2 aromatic carbocycles. The Kier molecular flexibility index (Phi) is 14.2. The molecule has 4 rings (SSSR count). The lowest BCUT2D eigenvalue weighted by Gasteiger charge is -2.31. The number of unbranched alkanes of at least 4 members (excludes halogenated alkanes) is 1. The molecule has 0 saturated carbocycles. The summed E-state index contributed by atoms with van der Waals surface area (Å²) in [6.45, 7) is 15.9. The normalized spacial score (nSPS) is 12.4. The van der Waals surface area contributed by atoms with E-state index >= 15 is 0 Å². The second kappa shape index (κ2) is 18.2. The Bertz CT molecular complexity index is 1810. The summed E-state index contributed by atoms with van der Waals surface area (Å²) >= 11 is 0. The first-order valence-corrected chi connectivity index (χ1v) is 18.8. The van der Waals surface area contributed by atoms with E-state index in [-0.39, 0.29) is 18.7 Å². The third-order valence-electron chi connectivity index (χ3n) is 7.21. The van der Waals surface area contributed by atoms with Gasteiger partial charge in [0.25, 0.3) is 0 Å². The molecule has 2 heterocycles. The van der Waals surface area contributed by atoms with E-state index in [2.05, 4.69) is 42.6 Å². The van der Waals surface area contributed by atoms with Gasteiger partial charge in [0, 0.05) is 36.3 Å². The highest BCUT2D eigenvalue weighted by Crippen LogP contribution is 2.55. The highest BCUT2D eigenvalue weighted by atomic mass is 31.2. The van der Waals surface area contributed by atoms with Crippen molar-refractivity contribution in [2.45, 2.75) is 85.4 Å². The van der Waals surface area contributed by atoms with Crippen molar-refractivity contribution in [1.29, 1.82) is 0 Å². The Hall–Kier alpha value is -4.01. The monoisotopic (exact) mass is 745 g/mol. The number of hydrogen-bond acceptors (Lipinski definition) is 11. The number of halogens is 2. The van der Waals surface area contributed by atoms with Crippen LogP contribution in [0.3, 0.4) is 0 Å². The third kappa shape index (κ3) is 13.2. The molecule has 0 saturated heterocycles. The number of H-pyrrole nitrogens is 1. The fourth-order valence-electron chi connectivity index (χ4n) is 5.05. The van der Waals surface area contributed by atoms with E-state index < -0.39 is 36.6 Å². The van der Waals surface area contributed by atoms with Crippen molar-refractivity contribution in [3.05, 3.63) is 66.1 Å². The van der Waals surface area contributed by atoms with Crippen LogP contribution in [0.4, 0.5) is 26.1 Å². The van der Waals surface area contributed by atoms with E-state index in [9.17, 15) is 18.1 Å². The number of hydrogen-bond donors (Lipinski definition) is 3. The Balaban J connectivity index is 1.28. The summed E-state index contributed by atoms with van der Waals surface area (Å²) in [4.78, 5) is 23.4. The number of phosphoric acid groups is 1. The zero-order chi connectivity index (χ0) is 37.9. The molecule has 13 nitrogen and oxygen atoms in total. The van der Waals surface area contributed by atoms with Crippen molar-refractivity contribution in [2.75, 3.05) is 43.5 Å². The molecule has 3 N–H and O–H groups in total. The van der Waals surface area contributed by atoms with Gasteiger partial charge in [-0.25, -0.2) is 23.3 Å². The summed E-state index contributed by atoms with van der Waals surface area (Å²) in [5.74, 6) is -1.15. The first kappa shape index (κ1) is 40.8. The third-order valence-corrected chi connectivity index (χ3v) is 9.25. The maximum absolute atomic E-state index is 13.9. The average Bonchev–Trinajstić information content (AvgIpc) is 3.48. The zero-order valence-electron chi connectivity index (χ0n) is 30.9. The quantitative estimate of drug-likeness (QED) is 0.0629. The van der Waals surface area contributed by atoms with E-state index in [1.807, 2.05) is 59.7 Å². The molecular weight excluding hydrogens is 695 g/mol. The zero-order valence-corrected chi connectivity index (χ0v) is 31.8. The molecule has 0 spiro atoms. The molecule has 0 aliphatic rings. The van der Waals surface area contributed by atoms with Gasteiger partial charge in [-0.3, -0.25) is 23.5 Å². The Labute approximate surface area is 303 Å². The smallest absolute Gasteiger partial charge is 0.475 e. The molecule has 52 heavy (non-hydrogen) atoms. The predicted molar refractivity (Wildman–Crippen MR) is 197 cm³/mol. The first-order chi connectivity index (χ1) is 24.5. The Morgan fingerprint density at radius 1 is 0.942 bits per heavy atom. The molecular formula is C36H50F2N7O6P. The van der Waals surface area contributed by atoms with Crippen LogP contribution in [0, 0.1) is 11.6 Å². The maximum Gasteiger partial charge on any atom is 0.475 e. The lowest BCUT2D eigenvalue weighted by Crippen LogP contribution is -2.31. The number of aromatic nitrogens is 4. The molecule has 0 bridgehead atoms. The average molecular weight is 746 g/mol. The van der Waals surface area contributed by atoms with E-state index in [0.29, 0.717) is 41.7 Å². The largest absolute Gasteiger partial charge is 0.493 e. The van der Waals surface area contributed by atoms with Crippen molar-refractivity contribution in [3.63, 3.8) is 0 Å². The van der Waals surface area contributed by atoms with Crippen LogP contribution in [0.5, 0.6) is 5.75 Å². The molecule has 0 unspecified atom stereocenters. The minimum Gasteiger partial charge on any atom is -0.493 e. The maximum atomic E-state index is 13.9. The molecule has 1 amide bonds. The van der Waals surface area contributed by atoms with Gasteiger partial charge in [-0.2, -0.15) is 5.10 Å². The van der Waals surface area contributed by atoms with E-state index in [1.165, 1.54) is 18.5 Å². The van der Waals surface area contributed by atoms with Crippen LogP contribution >= 0.6 is 7.82 Å². The molecule has 0 atom stereocenters. The summed E-state index contributed by atoms with van der Waals surface area (Å²) in [5.41, 5.74) is -0.526. The Morgan fingerprint density at radius 3 is 2.38 bits per heavy atom. The van der Waals surface area contributed by atoms with Gasteiger partial charge in [0.15, 0.2) is 17.5 Å². The predicted octanol–water partition coefficient (Wildman–Crippen LogP) is 8.18. The lowest BCUT2D eigenvalue weighted by atomic mass is 10.2. The minimum atomic E-state index is -3.78. The van der Waals surface area contributed by atoms with Gasteiger partial charge in [-0.1, -0.05) is 19.4 Å². The second-order valence-electron chi connectivity index (χ2n) is 14.2. The van der Waals surface area contributed by atoms with Crippen LogP contribution < -0.4 is 15.4 Å². The van der Waals surface area contributed by atoms with E-state index in [4.69, 9.17) is 18.3 Å². The fraction of sp³-hybridized carbons (Fsp3) is 0.500. The van der Waals surface area contributed by atoms with Crippen LogP contribution in [-0.4, -0.2) is 75.0 Å². The molecule has 284 valence electrons. The van der Waals surface area contributed by atoms with Crippen molar-refractivity contribution in [1.82, 2.24) is 25.1 Å². The van der Waals surface area contributed by atoms with Gasteiger partial charge >= 0.3 is 7.82 Å². The Morgan fingerprint density at radius 2 is 1.67 bits per heavy atom. The summed E-state index contributed by atoms with van der Waals surface area (Å²) in [5, 5.41) is 13.2. The number of carbonyl (C=O) groups is 1. The number of carbonyl (C=O) groups excluding carboxylic acids is 1. The molecule has 4 aromatic rings. The minimum absolute atomic E-state index is 0.138. The number of amides is 1. The number of fused-ring (bicyclic) bond motifs is 1. The molecule has 16 heteroatoms. The van der Waals surface area contributed by atoms with Crippen LogP contribution in [0.1, 0.15) is 73.4 Å². The van der Waals surface area contributed by atoms with Crippen LogP contribution in [0.15, 0.2) is 48.8 Å². The number of rotatable bonds is 19. The fourth-order valence-corrected chi connectivity index (χ4v) is 6.84. The van der Waals surface area contributed by atoms with Gasteiger partial charge < -0.3 is 20.3 Å². The number of nitrogens with zero attached hydrogens (tertiary/aromatic N) is 4. The van der Waals surface area contributed by atoms with Crippen molar-refractivity contribution in [2.24, 2.45) is 0 Å². The van der Waals surface area contributed by atoms with Crippen molar-refractivity contribution < 1.29 is 36.4 Å². The molecule has 0 fully saturated rings. The van der Waals surface area contributed by atoms with Crippen molar-refractivity contribution >= 4 is 42.0 Å². The van der Waals surface area contributed by atoms with E-state index in [1.54, 1.807) is 6.07 Å². The number of ether oxygens (including phenoxy) is 1. The van der Waals surface area contributed by atoms with Gasteiger partial charge in [0.05, 0.1) is 42.0 Å². The standard InChI is InChI=1S/C36H50F2N7O6P/c1-8-9-16-45(18-20-49-52(47,50-35(2,3)4)51-36(5,6)7)17-11-19-48-26-14-15-27-30(23-26)39-24-40-34(27)42-31-21-25(43-44-31)22-32(46)41-29-13-10-12-28(37)33(29)38/h10,12-15,21,23-24H,8-9,11,16-20,22H2,1-7H3,(H,41,46)(H2,39,40,42,43,44). The number of benzene rings is 2. The van der Waals surface area contributed by atoms with Crippen molar-refractivity contribution in [3.8, 4) is 5.75 Å². The highest BCUT2D eigenvalue weighted by Gasteiger charge is 2.37. The van der Waals surface area contributed by atoms with Crippen LogP contribution in [-0.2, 0) is 29.4 Å². The van der Waals surface area contributed by atoms with Gasteiger partial charge in [-0.15, -0.1) is 0 Å². The summed E-state index contributed by atoms with van der Waals surface area (Å²) in [6.07, 6.45) is 4.10. The molecule has 0 radical (unpaired) electrons.